The van der Waals surface area contributed by atoms with Crippen molar-refractivity contribution in [2.45, 2.75) is 26.8 Å². The third-order valence-corrected chi connectivity index (χ3v) is 3.36. The molecule has 2 aromatic rings. The standard InChI is InChI=1S/C14H17ClFN3/c1-9(2)5-6-19-8-10(7-18-19)11-3-4-12(17)14(16)13(11)15/h3-4,7-9H,5-6,17H2,1-2H3. The molecule has 3 nitrogen and oxygen atoms in total. The zero-order valence-corrected chi connectivity index (χ0v) is 11.8. The van der Waals surface area contributed by atoms with Gasteiger partial charge in [-0.2, -0.15) is 5.10 Å². The lowest BCUT2D eigenvalue weighted by molar-refractivity contribution is 0.487. The fraction of sp³-hybridized carbons (Fsp3) is 0.357. The smallest absolute Gasteiger partial charge is 0.165 e. The summed E-state index contributed by atoms with van der Waals surface area (Å²) < 4.78 is 15.5. The topological polar surface area (TPSA) is 43.8 Å². The Morgan fingerprint density at radius 2 is 2.16 bits per heavy atom. The van der Waals surface area contributed by atoms with Gasteiger partial charge in [-0.3, -0.25) is 4.68 Å². The number of anilines is 1. The Hall–Kier alpha value is -1.55. The monoisotopic (exact) mass is 281 g/mol. The van der Waals surface area contributed by atoms with Gasteiger partial charge in [0.25, 0.3) is 0 Å². The minimum Gasteiger partial charge on any atom is -0.396 e. The lowest BCUT2D eigenvalue weighted by Gasteiger charge is -2.05. The molecule has 0 radical (unpaired) electrons. The third kappa shape index (κ3) is 3.07. The number of rotatable bonds is 4. The van der Waals surface area contributed by atoms with Gasteiger partial charge in [-0.1, -0.05) is 31.5 Å². The van der Waals surface area contributed by atoms with Crippen molar-refractivity contribution in [1.82, 2.24) is 9.78 Å². The first-order valence-electron chi connectivity index (χ1n) is 6.25. The maximum absolute atomic E-state index is 13.7. The van der Waals surface area contributed by atoms with Crippen LogP contribution in [0.1, 0.15) is 20.3 Å². The fourth-order valence-electron chi connectivity index (χ4n) is 1.80. The molecule has 0 aliphatic heterocycles. The quantitative estimate of drug-likeness (QED) is 0.862. The van der Waals surface area contributed by atoms with Gasteiger partial charge in [0, 0.05) is 23.9 Å². The molecule has 0 bridgehead atoms. The van der Waals surface area contributed by atoms with Gasteiger partial charge < -0.3 is 5.73 Å². The fourth-order valence-corrected chi connectivity index (χ4v) is 2.08. The maximum Gasteiger partial charge on any atom is 0.165 e. The average molecular weight is 282 g/mol. The molecule has 0 fully saturated rings. The van der Waals surface area contributed by atoms with Crippen molar-refractivity contribution in [3.63, 3.8) is 0 Å². The molecular weight excluding hydrogens is 265 g/mol. The first kappa shape index (κ1) is 13.9. The van der Waals surface area contributed by atoms with Gasteiger partial charge in [0.1, 0.15) is 0 Å². The molecule has 1 aromatic heterocycles. The van der Waals surface area contributed by atoms with Crippen LogP contribution < -0.4 is 5.73 Å². The molecule has 0 atom stereocenters. The largest absolute Gasteiger partial charge is 0.396 e. The van der Waals surface area contributed by atoms with Crippen molar-refractivity contribution in [2.75, 3.05) is 5.73 Å². The van der Waals surface area contributed by atoms with E-state index in [9.17, 15) is 4.39 Å². The number of hydrogen-bond donors (Lipinski definition) is 1. The molecular formula is C14H17ClFN3. The van der Waals surface area contributed by atoms with Crippen molar-refractivity contribution in [3.8, 4) is 11.1 Å². The first-order valence-corrected chi connectivity index (χ1v) is 6.63. The van der Waals surface area contributed by atoms with Crippen LogP contribution in [0, 0.1) is 11.7 Å². The van der Waals surface area contributed by atoms with Gasteiger partial charge in [-0.05, 0) is 18.4 Å². The van der Waals surface area contributed by atoms with Crippen LogP contribution in [0.4, 0.5) is 10.1 Å². The van der Waals surface area contributed by atoms with E-state index in [1.807, 2.05) is 10.9 Å². The molecule has 1 aromatic carbocycles. The molecule has 2 rings (SSSR count). The second kappa shape index (κ2) is 5.61. The summed E-state index contributed by atoms with van der Waals surface area (Å²) in [6.45, 7) is 5.17. The Morgan fingerprint density at radius 1 is 1.42 bits per heavy atom. The van der Waals surface area contributed by atoms with Crippen molar-refractivity contribution in [3.05, 3.63) is 35.4 Å². The minimum absolute atomic E-state index is 0.0448. The molecule has 102 valence electrons. The van der Waals surface area contributed by atoms with Crippen molar-refractivity contribution in [2.24, 2.45) is 5.92 Å². The lowest BCUT2D eigenvalue weighted by Crippen LogP contribution is -2.01. The van der Waals surface area contributed by atoms with Crippen LogP contribution >= 0.6 is 11.6 Å². The Kier molecular flexibility index (Phi) is 4.10. The van der Waals surface area contributed by atoms with Gasteiger partial charge in [-0.15, -0.1) is 0 Å². The summed E-state index contributed by atoms with van der Waals surface area (Å²) in [6, 6.07) is 3.23. The van der Waals surface area contributed by atoms with E-state index in [1.165, 1.54) is 6.07 Å². The molecule has 0 saturated carbocycles. The molecule has 0 spiro atoms. The van der Waals surface area contributed by atoms with E-state index in [4.69, 9.17) is 17.3 Å². The van der Waals surface area contributed by atoms with Gasteiger partial charge in [0.2, 0.25) is 0 Å². The predicted molar refractivity (Wildman–Crippen MR) is 76.5 cm³/mol. The summed E-state index contributed by atoms with van der Waals surface area (Å²) in [5.41, 5.74) is 6.94. The van der Waals surface area contributed by atoms with E-state index in [1.54, 1.807) is 12.3 Å². The van der Waals surface area contributed by atoms with Crippen LogP contribution in [-0.2, 0) is 6.54 Å². The Balaban J connectivity index is 2.26. The summed E-state index contributed by atoms with van der Waals surface area (Å²) in [7, 11) is 0. The number of nitrogens with two attached hydrogens (primary N) is 1. The summed E-state index contributed by atoms with van der Waals surface area (Å²) in [4.78, 5) is 0. The zero-order chi connectivity index (χ0) is 14.0. The number of aromatic nitrogens is 2. The summed E-state index contributed by atoms with van der Waals surface area (Å²) >= 11 is 5.98. The number of aryl methyl sites for hydroxylation is 1. The second-order valence-corrected chi connectivity index (χ2v) is 5.38. The Labute approximate surface area is 117 Å². The van der Waals surface area contributed by atoms with Gasteiger partial charge in [0.15, 0.2) is 5.82 Å². The molecule has 0 unspecified atom stereocenters. The maximum atomic E-state index is 13.7. The molecule has 5 heteroatoms. The van der Waals surface area contributed by atoms with Crippen LogP contribution in [-0.4, -0.2) is 9.78 Å². The molecule has 0 aliphatic rings. The van der Waals surface area contributed by atoms with Crippen molar-refractivity contribution < 1.29 is 4.39 Å². The Morgan fingerprint density at radius 3 is 2.84 bits per heavy atom. The summed E-state index contributed by atoms with van der Waals surface area (Å²) in [5, 5.41) is 4.31. The number of halogens is 2. The number of nitrogen functional groups attached to an aromatic ring is 1. The first-order chi connectivity index (χ1) is 8.99. The highest BCUT2D eigenvalue weighted by Gasteiger charge is 2.12. The molecule has 0 saturated heterocycles. The van der Waals surface area contributed by atoms with E-state index in [0.717, 1.165) is 18.5 Å². The van der Waals surface area contributed by atoms with E-state index >= 15 is 0 Å². The molecule has 19 heavy (non-hydrogen) atoms. The normalized spacial score (nSPS) is 11.2. The highest BCUT2D eigenvalue weighted by Crippen LogP contribution is 2.32. The molecule has 1 heterocycles. The predicted octanol–water partition coefficient (Wildman–Crippen LogP) is 3.97. The van der Waals surface area contributed by atoms with Crippen LogP contribution in [0.2, 0.25) is 5.02 Å². The van der Waals surface area contributed by atoms with E-state index in [-0.39, 0.29) is 10.7 Å². The number of nitrogens with zero attached hydrogens (tertiary/aromatic N) is 2. The van der Waals surface area contributed by atoms with Crippen LogP contribution in [0.3, 0.4) is 0 Å². The van der Waals surface area contributed by atoms with Crippen LogP contribution in [0.5, 0.6) is 0 Å². The van der Waals surface area contributed by atoms with Gasteiger partial charge >= 0.3 is 0 Å². The van der Waals surface area contributed by atoms with Crippen LogP contribution in [0.25, 0.3) is 11.1 Å². The van der Waals surface area contributed by atoms with Crippen molar-refractivity contribution in [1.29, 1.82) is 0 Å². The van der Waals surface area contributed by atoms with E-state index < -0.39 is 5.82 Å². The SMILES string of the molecule is CC(C)CCn1cc(-c2ccc(N)c(F)c2Cl)cn1. The number of benzene rings is 1. The Bertz CT molecular complexity index is 578. The van der Waals surface area contributed by atoms with E-state index in [2.05, 4.69) is 18.9 Å². The summed E-state index contributed by atoms with van der Waals surface area (Å²) in [5.74, 6) is 0.0410. The highest BCUT2D eigenvalue weighted by atomic mass is 35.5. The average Bonchev–Trinajstić information content (AvgIpc) is 2.82. The second-order valence-electron chi connectivity index (χ2n) is 5.00. The van der Waals surface area contributed by atoms with Gasteiger partial charge in [0.05, 0.1) is 16.9 Å². The molecule has 0 amide bonds. The zero-order valence-electron chi connectivity index (χ0n) is 11.0. The number of hydrogen-bond acceptors (Lipinski definition) is 2. The van der Waals surface area contributed by atoms with Crippen LogP contribution in [0.15, 0.2) is 24.5 Å². The lowest BCUT2D eigenvalue weighted by atomic mass is 10.1. The third-order valence-electron chi connectivity index (χ3n) is 2.99. The van der Waals surface area contributed by atoms with Gasteiger partial charge in [-0.25, -0.2) is 4.39 Å². The molecule has 2 N–H and O–H groups in total. The highest BCUT2D eigenvalue weighted by molar-refractivity contribution is 6.33. The molecule has 0 aliphatic carbocycles. The van der Waals surface area contributed by atoms with E-state index in [0.29, 0.717) is 11.5 Å². The summed E-state index contributed by atoms with van der Waals surface area (Å²) in [6.07, 6.45) is 4.61. The minimum atomic E-state index is -0.575. The van der Waals surface area contributed by atoms with Crippen molar-refractivity contribution >= 4 is 17.3 Å².